The van der Waals surface area contributed by atoms with E-state index in [0.29, 0.717) is 48.9 Å². The summed E-state index contributed by atoms with van der Waals surface area (Å²) >= 11 is 0.473. The summed E-state index contributed by atoms with van der Waals surface area (Å²) in [5, 5.41) is 3.10. The molecule has 0 atom stereocenters. The van der Waals surface area contributed by atoms with Crippen LogP contribution in [-0.4, -0.2) is 45.9 Å². The molecule has 0 aliphatic carbocycles. The SMILES string of the molecule is Cc1cc(N2CCN(c3cnn(Cc4cnc(C(F)(F)F)s4)c(=O)n3)CC2)ccc1F. The lowest BCUT2D eigenvalue weighted by Crippen LogP contribution is -2.47. The fourth-order valence-electron chi connectivity index (χ4n) is 3.29. The molecule has 2 aromatic heterocycles. The zero-order chi connectivity index (χ0) is 22.2. The molecule has 31 heavy (non-hydrogen) atoms. The van der Waals surface area contributed by atoms with Gasteiger partial charge in [-0.15, -0.1) is 11.3 Å². The van der Waals surface area contributed by atoms with E-state index in [9.17, 15) is 22.4 Å². The molecule has 0 amide bonds. The summed E-state index contributed by atoms with van der Waals surface area (Å²) in [5.41, 5.74) is 0.872. The molecule has 0 bridgehead atoms. The van der Waals surface area contributed by atoms with Gasteiger partial charge in [0.2, 0.25) is 0 Å². The predicted octanol–water partition coefficient (Wildman–Crippen LogP) is 2.94. The van der Waals surface area contributed by atoms with Crippen LogP contribution in [0.5, 0.6) is 0 Å². The molecule has 1 aromatic carbocycles. The molecule has 4 rings (SSSR count). The van der Waals surface area contributed by atoms with Crippen LogP contribution in [0, 0.1) is 12.7 Å². The number of hydrogen-bond donors (Lipinski definition) is 0. The third kappa shape index (κ3) is 4.68. The number of nitrogens with zero attached hydrogens (tertiary/aromatic N) is 6. The van der Waals surface area contributed by atoms with E-state index in [1.54, 1.807) is 19.1 Å². The van der Waals surface area contributed by atoms with Crippen LogP contribution >= 0.6 is 11.3 Å². The van der Waals surface area contributed by atoms with Gasteiger partial charge in [-0.25, -0.2) is 18.9 Å². The highest BCUT2D eigenvalue weighted by molar-refractivity contribution is 7.11. The third-order valence-corrected chi connectivity index (χ3v) is 5.98. The van der Waals surface area contributed by atoms with E-state index >= 15 is 0 Å². The van der Waals surface area contributed by atoms with Crippen molar-refractivity contribution in [1.82, 2.24) is 19.7 Å². The van der Waals surface area contributed by atoms with Gasteiger partial charge in [0.05, 0.1) is 12.7 Å². The normalized spacial score (nSPS) is 14.9. The van der Waals surface area contributed by atoms with Crippen molar-refractivity contribution in [1.29, 1.82) is 0 Å². The Hall–Kier alpha value is -3.02. The van der Waals surface area contributed by atoms with Gasteiger partial charge in [0.15, 0.2) is 10.8 Å². The molecule has 7 nitrogen and oxygen atoms in total. The summed E-state index contributed by atoms with van der Waals surface area (Å²) in [5.74, 6) is 0.169. The van der Waals surface area contributed by atoms with Gasteiger partial charge >= 0.3 is 11.9 Å². The number of rotatable bonds is 4. The number of alkyl halides is 3. The van der Waals surface area contributed by atoms with Crippen LogP contribution in [0.3, 0.4) is 0 Å². The van der Waals surface area contributed by atoms with Gasteiger partial charge in [0.1, 0.15) is 5.82 Å². The smallest absolute Gasteiger partial charge is 0.368 e. The topological polar surface area (TPSA) is 67.2 Å². The minimum Gasteiger partial charge on any atom is -0.368 e. The molecule has 0 unspecified atom stereocenters. The van der Waals surface area contributed by atoms with Gasteiger partial charge in [-0.3, -0.25) is 0 Å². The predicted molar refractivity (Wildman–Crippen MR) is 108 cm³/mol. The van der Waals surface area contributed by atoms with E-state index in [-0.39, 0.29) is 17.2 Å². The first-order valence-electron chi connectivity index (χ1n) is 9.43. The number of halogens is 4. The molecule has 0 saturated carbocycles. The lowest BCUT2D eigenvalue weighted by Gasteiger charge is -2.36. The van der Waals surface area contributed by atoms with Crippen LogP contribution in [-0.2, 0) is 12.7 Å². The maximum absolute atomic E-state index is 13.5. The molecular formula is C19H18F4N6OS. The largest absolute Gasteiger partial charge is 0.443 e. The number of hydrogen-bond acceptors (Lipinski definition) is 7. The van der Waals surface area contributed by atoms with Crippen LogP contribution in [0.25, 0.3) is 0 Å². The summed E-state index contributed by atoms with van der Waals surface area (Å²) in [7, 11) is 0. The molecule has 1 aliphatic rings. The fourth-order valence-corrected chi connectivity index (χ4v) is 4.06. The Bertz CT molecular complexity index is 1140. The van der Waals surface area contributed by atoms with Crippen LogP contribution in [0.15, 0.2) is 35.4 Å². The fraction of sp³-hybridized carbons (Fsp3) is 0.368. The lowest BCUT2D eigenvalue weighted by molar-refractivity contribution is -0.137. The Balaban J connectivity index is 1.41. The zero-order valence-corrected chi connectivity index (χ0v) is 17.3. The number of aryl methyl sites for hydroxylation is 1. The Morgan fingerprint density at radius 3 is 2.42 bits per heavy atom. The first kappa shape index (κ1) is 21.2. The Morgan fingerprint density at radius 2 is 1.81 bits per heavy atom. The number of anilines is 2. The van der Waals surface area contributed by atoms with Crippen molar-refractivity contribution < 1.29 is 17.6 Å². The Morgan fingerprint density at radius 1 is 1.10 bits per heavy atom. The number of piperazine rings is 1. The van der Waals surface area contributed by atoms with E-state index in [2.05, 4.69) is 20.0 Å². The van der Waals surface area contributed by atoms with Gasteiger partial charge in [-0.05, 0) is 30.7 Å². The highest BCUT2D eigenvalue weighted by Crippen LogP contribution is 2.32. The van der Waals surface area contributed by atoms with Crippen molar-refractivity contribution >= 4 is 22.8 Å². The minimum absolute atomic E-state index is 0.127. The van der Waals surface area contributed by atoms with Crippen molar-refractivity contribution in [2.24, 2.45) is 0 Å². The maximum Gasteiger partial charge on any atom is 0.443 e. The summed E-state index contributed by atoms with van der Waals surface area (Å²) < 4.78 is 52.5. The monoisotopic (exact) mass is 454 g/mol. The second-order valence-corrected chi connectivity index (χ2v) is 8.21. The minimum atomic E-state index is -4.52. The summed E-state index contributed by atoms with van der Waals surface area (Å²) in [6.45, 7) is 4.11. The van der Waals surface area contributed by atoms with Gasteiger partial charge in [-0.2, -0.15) is 23.3 Å². The van der Waals surface area contributed by atoms with Crippen molar-refractivity contribution in [3.8, 4) is 0 Å². The molecule has 0 N–H and O–H groups in total. The number of benzene rings is 1. The second kappa shape index (κ2) is 8.25. The average molecular weight is 454 g/mol. The second-order valence-electron chi connectivity index (χ2n) is 7.09. The number of aromatic nitrogens is 4. The van der Waals surface area contributed by atoms with Crippen LogP contribution in [0.4, 0.5) is 29.1 Å². The number of thiazole rings is 1. The highest BCUT2D eigenvalue weighted by atomic mass is 32.1. The molecule has 164 valence electrons. The maximum atomic E-state index is 13.5. The van der Waals surface area contributed by atoms with E-state index in [1.165, 1.54) is 12.3 Å². The van der Waals surface area contributed by atoms with Gasteiger partial charge in [-0.1, -0.05) is 0 Å². The first-order chi connectivity index (χ1) is 14.7. The molecule has 3 heterocycles. The van der Waals surface area contributed by atoms with Crippen LogP contribution < -0.4 is 15.5 Å². The zero-order valence-electron chi connectivity index (χ0n) is 16.4. The third-order valence-electron chi connectivity index (χ3n) is 4.96. The van der Waals surface area contributed by atoms with Crippen molar-refractivity contribution in [2.75, 3.05) is 36.0 Å². The van der Waals surface area contributed by atoms with Gasteiger partial charge in [0.25, 0.3) is 0 Å². The molecule has 1 fully saturated rings. The van der Waals surface area contributed by atoms with Crippen LogP contribution in [0.2, 0.25) is 0 Å². The van der Waals surface area contributed by atoms with Crippen molar-refractivity contribution in [3.63, 3.8) is 0 Å². The average Bonchev–Trinajstić information content (AvgIpc) is 3.21. The molecule has 0 spiro atoms. The highest BCUT2D eigenvalue weighted by Gasteiger charge is 2.34. The van der Waals surface area contributed by atoms with Gasteiger partial charge < -0.3 is 9.80 Å². The van der Waals surface area contributed by atoms with E-state index in [4.69, 9.17) is 0 Å². The molecule has 12 heteroatoms. The van der Waals surface area contributed by atoms with Crippen molar-refractivity contribution in [3.05, 3.63) is 62.3 Å². The Labute approximate surface area is 178 Å². The van der Waals surface area contributed by atoms with Crippen molar-refractivity contribution in [2.45, 2.75) is 19.6 Å². The Kier molecular flexibility index (Phi) is 5.65. The van der Waals surface area contributed by atoms with E-state index < -0.39 is 16.9 Å². The standard InChI is InChI=1S/C19H18F4N6OS/c1-12-8-13(2-3-15(12)20)27-4-6-28(7-5-27)16-10-25-29(18(30)26-16)11-14-9-24-17(31-14)19(21,22)23/h2-3,8-10H,4-7,11H2,1H3. The molecule has 1 aliphatic heterocycles. The summed E-state index contributed by atoms with van der Waals surface area (Å²) in [4.78, 5) is 24.0. The molecular weight excluding hydrogens is 436 g/mol. The van der Waals surface area contributed by atoms with Crippen LogP contribution in [0.1, 0.15) is 15.4 Å². The first-order valence-corrected chi connectivity index (χ1v) is 10.2. The lowest BCUT2D eigenvalue weighted by atomic mass is 10.2. The quantitative estimate of drug-likeness (QED) is 0.565. The van der Waals surface area contributed by atoms with Gasteiger partial charge in [0, 0.05) is 42.9 Å². The van der Waals surface area contributed by atoms with E-state index in [1.807, 2.05) is 4.90 Å². The summed E-state index contributed by atoms with van der Waals surface area (Å²) in [6.07, 6.45) is -1.99. The molecule has 3 aromatic rings. The molecule has 0 radical (unpaired) electrons. The summed E-state index contributed by atoms with van der Waals surface area (Å²) in [6, 6.07) is 4.99. The van der Waals surface area contributed by atoms with E-state index in [0.717, 1.165) is 16.6 Å². The molecule has 1 saturated heterocycles.